The van der Waals surface area contributed by atoms with Crippen molar-refractivity contribution in [2.24, 2.45) is 0 Å². The number of likely N-dealkylation sites (tertiary alicyclic amines) is 1. The molecule has 1 aliphatic heterocycles. The molecule has 1 fully saturated rings. The van der Waals surface area contributed by atoms with Crippen LogP contribution in [0.1, 0.15) is 32.7 Å². The minimum absolute atomic E-state index is 0.473. The van der Waals surface area contributed by atoms with E-state index >= 15 is 0 Å². The van der Waals surface area contributed by atoms with Gasteiger partial charge in [-0.3, -0.25) is 0 Å². The number of hydrogen-bond donors (Lipinski definition) is 1. The standard InChI is InChI=1S/C11H20N4O/c1-11(2,16)9-14-6-3-10(4-7-14)15-8-5-12-13-15/h5,8,10,16H,3-4,6-7,9H2,1-2H3. The highest BCUT2D eigenvalue weighted by Gasteiger charge is 2.24. The van der Waals surface area contributed by atoms with Crippen LogP contribution < -0.4 is 0 Å². The molecule has 0 spiro atoms. The van der Waals surface area contributed by atoms with Crippen LogP contribution in [0.15, 0.2) is 12.4 Å². The third-order valence-electron chi connectivity index (χ3n) is 2.98. The van der Waals surface area contributed by atoms with Crippen LogP contribution in [-0.2, 0) is 0 Å². The first-order chi connectivity index (χ1) is 7.54. The summed E-state index contributed by atoms with van der Waals surface area (Å²) in [4.78, 5) is 2.31. The third-order valence-corrected chi connectivity index (χ3v) is 2.98. The first-order valence-corrected chi connectivity index (χ1v) is 5.85. The van der Waals surface area contributed by atoms with Gasteiger partial charge in [0.15, 0.2) is 0 Å². The molecule has 2 rings (SSSR count). The Kier molecular flexibility index (Phi) is 3.25. The molecule has 90 valence electrons. The van der Waals surface area contributed by atoms with Crippen molar-refractivity contribution in [3.63, 3.8) is 0 Å². The smallest absolute Gasteiger partial charge is 0.0718 e. The highest BCUT2D eigenvalue weighted by atomic mass is 16.3. The average molecular weight is 224 g/mol. The largest absolute Gasteiger partial charge is 0.389 e. The fourth-order valence-corrected chi connectivity index (χ4v) is 2.30. The molecule has 16 heavy (non-hydrogen) atoms. The summed E-state index contributed by atoms with van der Waals surface area (Å²) in [5.74, 6) is 0. The zero-order valence-electron chi connectivity index (χ0n) is 10.0. The number of rotatable bonds is 3. The van der Waals surface area contributed by atoms with Crippen molar-refractivity contribution in [3.8, 4) is 0 Å². The van der Waals surface area contributed by atoms with Crippen LogP contribution >= 0.6 is 0 Å². The summed E-state index contributed by atoms with van der Waals surface area (Å²) in [5.41, 5.74) is -0.597. The Morgan fingerprint density at radius 1 is 1.38 bits per heavy atom. The zero-order chi connectivity index (χ0) is 11.6. The van der Waals surface area contributed by atoms with Crippen LogP contribution in [0.25, 0.3) is 0 Å². The first-order valence-electron chi connectivity index (χ1n) is 5.85. The number of piperidine rings is 1. The number of aliphatic hydroxyl groups is 1. The molecule has 1 aromatic heterocycles. The monoisotopic (exact) mass is 224 g/mol. The lowest BCUT2D eigenvalue weighted by Gasteiger charge is -2.35. The lowest BCUT2D eigenvalue weighted by atomic mass is 10.0. The summed E-state index contributed by atoms with van der Waals surface area (Å²) in [6.07, 6.45) is 5.82. The van der Waals surface area contributed by atoms with Crippen LogP contribution in [0.5, 0.6) is 0 Å². The second-order valence-electron chi connectivity index (χ2n) is 5.20. The molecule has 0 saturated carbocycles. The van der Waals surface area contributed by atoms with E-state index in [0.29, 0.717) is 6.04 Å². The SMILES string of the molecule is CC(C)(O)CN1CCC(n2ccnn2)CC1. The van der Waals surface area contributed by atoms with Gasteiger partial charge in [0, 0.05) is 25.8 Å². The molecular weight excluding hydrogens is 204 g/mol. The second kappa shape index (κ2) is 4.51. The minimum Gasteiger partial charge on any atom is -0.389 e. The van der Waals surface area contributed by atoms with Gasteiger partial charge in [0.05, 0.1) is 17.8 Å². The lowest BCUT2D eigenvalue weighted by molar-refractivity contribution is 0.0245. The molecule has 1 N–H and O–H groups in total. The number of hydrogen-bond acceptors (Lipinski definition) is 4. The predicted molar refractivity (Wildman–Crippen MR) is 61.0 cm³/mol. The topological polar surface area (TPSA) is 54.2 Å². The molecule has 0 bridgehead atoms. The van der Waals surface area contributed by atoms with E-state index in [1.165, 1.54) is 0 Å². The Morgan fingerprint density at radius 3 is 2.56 bits per heavy atom. The van der Waals surface area contributed by atoms with Gasteiger partial charge in [-0.15, -0.1) is 5.10 Å². The average Bonchev–Trinajstić information content (AvgIpc) is 2.69. The minimum atomic E-state index is -0.597. The fraction of sp³-hybridized carbons (Fsp3) is 0.818. The van der Waals surface area contributed by atoms with Gasteiger partial charge < -0.3 is 10.0 Å². The summed E-state index contributed by atoms with van der Waals surface area (Å²) < 4.78 is 1.95. The highest BCUT2D eigenvalue weighted by molar-refractivity contribution is 4.81. The van der Waals surface area contributed by atoms with Crippen LogP contribution in [0.3, 0.4) is 0 Å². The summed E-state index contributed by atoms with van der Waals surface area (Å²) in [5, 5.41) is 17.6. The Labute approximate surface area is 96.1 Å². The number of β-amino-alcohol motifs (C(OH)–C–C–N with tert-alkyl or cyclic N) is 1. The lowest BCUT2D eigenvalue weighted by Crippen LogP contribution is -2.43. The van der Waals surface area contributed by atoms with Crippen molar-refractivity contribution in [1.29, 1.82) is 0 Å². The molecule has 0 radical (unpaired) electrons. The van der Waals surface area contributed by atoms with Gasteiger partial charge in [0.2, 0.25) is 0 Å². The quantitative estimate of drug-likeness (QED) is 0.820. The molecule has 0 aromatic carbocycles. The number of nitrogens with zero attached hydrogens (tertiary/aromatic N) is 4. The summed E-state index contributed by atoms with van der Waals surface area (Å²) >= 11 is 0. The molecule has 0 unspecified atom stereocenters. The van der Waals surface area contributed by atoms with E-state index in [1.807, 2.05) is 24.7 Å². The zero-order valence-corrected chi connectivity index (χ0v) is 10.0. The van der Waals surface area contributed by atoms with E-state index in [2.05, 4.69) is 15.2 Å². The second-order valence-corrected chi connectivity index (χ2v) is 5.20. The Balaban J connectivity index is 1.83. The van der Waals surface area contributed by atoms with Gasteiger partial charge in [0.25, 0.3) is 0 Å². The van der Waals surface area contributed by atoms with E-state index in [9.17, 15) is 5.11 Å². The Morgan fingerprint density at radius 2 is 2.06 bits per heavy atom. The molecule has 1 aliphatic rings. The van der Waals surface area contributed by atoms with Crippen LogP contribution in [0.4, 0.5) is 0 Å². The van der Waals surface area contributed by atoms with Gasteiger partial charge in [0.1, 0.15) is 0 Å². The molecule has 1 saturated heterocycles. The molecular formula is C11H20N4O. The van der Waals surface area contributed by atoms with E-state index in [4.69, 9.17) is 0 Å². The normalized spacial score (nSPS) is 20.2. The van der Waals surface area contributed by atoms with Gasteiger partial charge >= 0.3 is 0 Å². The maximum Gasteiger partial charge on any atom is 0.0718 e. The molecule has 5 nitrogen and oxygen atoms in total. The van der Waals surface area contributed by atoms with E-state index in [1.54, 1.807) is 6.20 Å². The van der Waals surface area contributed by atoms with Crippen LogP contribution in [0.2, 0.25) is 0 Å². The number of aromatic nitrogens is 3. The highest BCUT2D eigenvalue weighted by Crippen LogP contribution is 2.22. The molecule has 5 heteroatoms. The van der Waals surface area contributed by atoms with E-state index in [-0.39, 0.29) is 0 Å². The molecule has 2 heterocycles. The maximum absolute atomic E-state index is 9.75. The van der Waals surface area contributed by atoms with E-state index < -0.39 is 5.60 Å². The summed E-state index contributed by atoms with van der Waals surface area (Å²) in [6, 6.07) is 0.473. The molecule has 0 amide bonds. The predicted octanol–water partition coefficient (Wildman–Crippen LogP) is 0.686. The van der Waals surface area contributed by atoms with Crippen molar-refractivity contribution in [1.82, 2.24) is 19.9 Å². The van der Waals surface area contributed by atoms with E-state index in [0.717, 1.165) is 32.5 Å². The van der Waals surface area contributed by atoms with Gasteiger partial charge in [-0.05, 0) is 26.7 Å². The third kappa shape index (κ3) is 3.02. The van der Waals surface area contributed by atoms with Crippen molar-refractivity contribution in [3.05, 3.63) is 12.4 Å². The first kappa shape index (κ1) is 11.5. The van der Waals surface area contributed by atoms with Crippen molar-refractivity contribution in [2.75, 3.05) is 19.6 Å². The molecule has 0 aliphatic carbocycles. The summed E-state index contributed by atoms with van der Waals surface area (Å²) in [6.45, 7) is 6.51. The Bertz CT molecular complexity index is 309. The fourth-order valence-electron chi connectivity index (χ4n) is 2.30. The summed E-state index contributed by atoms with van der Waals surface area (Å²) in [7, 11) is 0. The Hall–Kier alpha value is -0.940. The van der Waals surface area contributed by atoms with Crippen LogP contribution in [-0.4, -0.2) is 50.2 Å². The van der Waals surface area contributed by atoms with Crippen molar-refractivity contribution < 1.29 is 5.11 Å². The van der Waals surface area contributed by atoms with Gasteiger partial charge in [-0.25, -0.2) is 4.68 Å². The molecule has 0 atom stereocenters. The van der Waals surface area contributed by atoms with Crippen molar-refractivity contribution in [2.45, 2.75) is 38.3 Å². The molecule has 1 aromatic rings. The van der Waals surface area contributed by atoms with Gasteiger partial charge in [-0.1, -0.05) is 5.21 Å². The van der Waals surface area contributed by atoms with Gasteiger partial charge in [-0.2, -0.15) is 0 Å². The van der Waals surface area contributed by atoms with Crippen LogP contribution in [0, 0.1) is 0 Å². The van der Waals surface area contributed by atoms with Crippen molar-refractivity contribution >= 4 is 0 Å². The maximum atomic E-state index is 9.75.